The Labute approximate surface area is 124 Å². The van der Waals surface area contributed by atoms with Gasteiger partial charge in [-0.25, -0.2) is 4.68 Å². The van der Waals surface area contributed by atoms with Crippen molar-refractivity contribution >= 4 is 21.9 Å². The Bertz CT molecular complexity index is 596. The molecule has 0 saturated heterocycles. The first-order valence-corrected chi connectivity index (χ1v) is 6.90. The van der Waals surface area contributed by atoms with E-state index in [2.05, 4.69) is 36.4 Å². The lowest BCUT2D eigenvalue weighted by molar-refractivity contribution is -0.138. The number of aromatic nitrogens is 5. The van der Waals surface area contributed by atoms with E-state index < -0.39 is 5.97 Å². The van der Waals surface area contributed by atoms with Crippen LogP contribution in [-0.2, 0) is 4.79 Å². The summed E-state index contributed by atoms with van der Waals surface area (Å²) in [5.74, 6) is -0.324. The minimum absolute atomic E-state index is 0.0355. The zero-order chi connectivity index (χ0) is 14.7. The van der Waals surface area contributed by atoms with Crippen LogP contribution in [0, 0.1) is 5.92 Å². The molecule has 106 valence electrons. The molecule has 1 N–H and O–H groups in total. The normalized spacial score (nSPS) is 12.6. The fraction of sp³-hybridized carbons (Fsp3) is 0.417. The molecule has 2 aromatic heterocycles. The van der Waals surface area contributed by atoms with E-state index in [0.717, 1.165) is 4.47 Å². The average molecular weight is 340 g/mol. The number of hydrogen-bond donors (Lipinski definition) is 1. The second-order valence-electron chi connectivity index (χ2n) is 4.72. The number of rotatable bonds is 5. The van der Waals surface area contributed by atoms with Crippen LogP contribution in [0.2, 0.25) is 0 Å². The summed E-state index contributed by atoms with van der Waals surface area (Å²) in [4.78, 5) is 15.2. The summed E-state index contributed by atoms with van der Waals surface area (Å²) >= 11 is 3.31. The maximum atomic E-state index is 11.0. The largest absolute Gasteiger partial charge is 0.481 e. The smallest absolute Gasteiger partial charge is 0.305 e. The molecule has 1 atom stereocenters. The molecule has 0 fully saturated rings. The Hall–Kier alpha value is -1.83. The summed E-state index contributed by atoms with van der Waals surface area (Å²) in [7, 11) is 0. The van der Waals surface area contributed by atoms with Gasteiger partial charge in [0.25, 0.3) is 0 Å². The number of carbonyl (C=O) groups is 1. The van der Waals surface area contributed by atoms with Crippen LogP contribution in [0.3, 0.4) is 0 Å². The standard InChI is InChI=1S/C12H14BrN5O2/c1-7(2)10(5-11(19)20)18-12(15-16-17-18)9-4-3-8(13)6-14-9/h3-4,6-7,10H,5H2,1-2H3,(H,19,20). The van der Waals surface area contributed by atoms with Gasteiger partial charge in [-0.05, 0) is 44.4 Å². The number of carboxylic acid groups (broad SMARTS) is 1. The minimum atomic E-state index is -0.881. The van der Waals surface area contributed by atoms with Gasteiger partial charge < -0.3 is 5.11 Å². The molecule has 20 heavy (non-hydrogen) atoms. The van der Waals surface area contributed by atoms with Crippen LogP contribution in [0.25, 0.3) is 11.5 Å². The third kappa shape index (κ3) is 3.19. The van der Waals surface area contributed by atoms with Gasteiger partial charge >= 0.3 is 5.97 Å². The average Bonchev–Trinajstić information content (AvgIpc) is 2.85. The molecule has 2 aromatic rings. The summed E-state index contributed by atoms with van der Waals surface area (Å²) in [5.41, 5.74) is 0.606. The monoisotopic (exact) mass is 339 g/mol. The Kier molecular flexibility index (Phi) is 4.43. The number of hydrogen-bond acceptors (Lipinski definition) is 5. The molecule has 0 aliphatic carbocycles. The maximum absolute atomic E-state index is 11.0. The predicted octanol–water partition coefficient (Wildman–Crippen LogP) is 2.17. The van der Waals surface area contributed by atoms with Crippen molar-refractivity contribution in [3.63, 3.8) is 0 Å². The van der Waals surface area contributed by atoms with Gasteiger partial charge in [0.15, 0.2) is 0 Å². The highest BCUT2D eigenvalue weighted by Crippen LogP contribution is 2.25. The number of pyridine rings is 1. The van der Waals surface area contributed by atoms with Gasteiger partial charge in [-0.3, -0.25) is 9.78 Å². The van der Waals surface area contributed by atoms with Crippen molar-refractivity contribution in [2.45, 2.75) is 26.3 Å². The van der Waals surface area contributed by atoms with Gasteiger partial charge in [0, 0.05) is 10.7 Å². The molecule has 0 spiro atoms. The molecule has 8 heteroatoms. The van der Waals surface area contributed by atoms with E-state index in [0.29, 0.717) is 11.5 Å². The van der Waals surface area contributed by atoms with E-state index in [9.17, 15) is 4.79 Å². The van der Waals surface area contributed by atoms with Crippen LogP contribution in [0.5, 0.6) is 0 Å². The van der Waals surface area contributed by atoms with Gasteiger partial charge in [-0.15, -0.1) is 5.10 Å². The predicted molar refractivity (Wildman–Crippen MR) is 74.9 cm³/mol. The zero-order valence-corrected chi connectivity index (χ0v) is 12.6. The molecule has 2 heterocycles. The molecule has 0 aromatic carbocycles. The lowest BCUT2D eigenvalue weighted by Crippen LogP contribution is -2.21. The molecular formula is C12H14BrN5O2. The number of tetrazole rings is 1. The third-order valence-corrected chi connectivity index (χ3v) is 3.39. The molecule has 2 rings (SSSR count). The van der Waals surface area contributed by atoms with Crippen LogP contribution in [-0.4, -0.2) is 36.3 Å². The zero-order valence-electron chi connectivity index (χ0n) is 11.1. The highest BCUT2D eigenvalue weighted by atomic mass is 79.9. The molecule has 0 bridgehead atoms. The lowest BCUT2D eigenvalue weighted by atomic mass is 10.0. The Morgan fingerprint density at radius 1 is 1.45 bits per heavy atom. The molecule has 1 unspecified atom stereocenters. The van der Waals surface area contributed by atoms with Gasteiger partial charge in [0.1, 0.15) is 5.69 Å². The van der Waals surface area contributed by atoms with Crippen LogP contribution in [0.15, 0.2) is 22.8 Å². The van der Waals surface area contributed by atoms with E-state index >= 15 is 0 Å². The van der Waals surface area contributed by atoms with Crippen LogP contribution >= 0.6 is 15.9 Å². The van der Waals surface area contributed by atoms with E-state index in [1.807, 2.05) is 19.9 Å². The molecule has 0 aliphatic rings. The summed E-state index contributed by atoms with van der Waals surface area (Å²) in [6.45, 7) is 3.88. The fourth-order valence-corrected chi connectivity index (χ4v) is 2.11. The molecule has 0 radical (unpaired) electrons. The number of carboxylic acids is 1. The SMILES string of the molecule is CC(C)C(CC(=O)O)n1nnnc1-c1ccc(Br)cn1. The van der Waals surface area contributed by atoms with Crippen molar-refractivity contribution in [3.05, 3.63) is 22.8 Å². The lowest BCUT2D eigenvalue weighted by Gasteiger charge is -2.19. The second-order valence-corrected chi connectivity index (χ2v) is 5.63. The van der Waals surface area contributed by atoms with Crippen molar-refractivity contribution in [2.75, 3.05) is 0 Å². The third-order valence-electron chi connectivity index (χ3n) is 2.92. The molecule has 0 amide bonds. The van der Waals surface area contributed by atoms with Gasteiger partial charge in [0.2, 0.25) is 5.82 Å². The van der Waals surface area contributed by atoms with Gasteiger partial charge in [-0.1, -0.05) is 13.8 Å². The van der Waals surface area contributed by atoms with Crippen molar-refractivity contribution in [1.82, 2.24) is 25.2 Å². The Balaban J connectivity index is 2.40. The first kappa shape index (κ1) is 14.6. The highest BCUT2D eigenvalue weighted by Gasteiger charge is 2.24. The number of halogens is 1. The Morgan fingerprint density at radius 3 is 2.75 bits per heavy atom. The van der Waals surface area contributed by atoms with Crippen molar-refractivity contribution in [2.24, 2.45) is 5.92 Å². The van der Waals surface area contributed by atoms with Crippen molar-refractivity contribution in [1.29, 1.82) is 0 Å². The molecule has 0 saturated carbocycles. The Morgan fingerprint density at radius 2 is 2.20 bits per heavy atom. The van der Waals surface area contributed by atoms with E-state index in [1.165, 1.54) is 4.68 Å². The van der Waals surface area contributed by atoms with Crippen molar-refractivity contribution in [3.8, 4) is 11.5 Å². The maximum Gasteiger partial charge on any atom is 0.305 e. The first-order valence-electron chi connectivity index (χ1n) is 6.10. The van der Waals surface area contributed by atoms with E-state index in [1.54, 1.807) is 12.3 Å². The summed E-state index contributed by atoms with van der Waals surface area (Å²) in [6.07, 6.45) is 1.61. The summed E-state index contributed by atoms with van der Waals surface area (Å²) in [5, 5.41) is 20.6. The summed E-state index contributed by atoms with van der Waals surface area (Å²) in [6, 6.07) is 3.30. The first-order chi connectivity index (χ1) is 9.49. The fourth-order valence-electron chi connectivity index (χ4n) is 1.88. The highest BCUT2D eigenvalue weighted by molar-refractivity contribution is 9.10. The van der Waals surface area contributed by atoms with Crippen LogP contribution in [0.1, 0.15) is 26.3 Å². The summed E-state index contributed by atoms with van der Waals surface area (Å²) < 4.78 is 2.39. The van der Waals surface area contributed by atoms with E-state index in [4.69, 9.17) is 5.11 Å². The van der Waals surface area contributed by atoms with Crippen LogP contribution < -0.4 is 0 Å². The molecular weight excluding hydrogens is 326 g/mol. The number of aliphatic carboxylic acids is 1. The van der Waals surface area contributed by atoms with E-state index in [-0.39, 0.29) is 18.4 Å². The minimum Gasteiger partial charge on any atom is -0.481 e. The second kappa shape index (κ2) is 6.08. The number of nitrogens with zero attached hydrogens (tertiary/aromatic N) is 5. The topological polar surface area (TPSA) is 93.8 Å². The quantitative estimate of drug-likeness (QED) is 0.896. The van der Waals surface area contributed by atoms with Crippen molar-refractivity contribution < 1.29 is 9.90 Å². The van der Waals surface area contributed by atoms with Crippen LogP contribution in [0.4, 0.5) is 0 Å². The van der Waals surface area contributed by atoms with Gasteiger partial charge in [-0.2, -0.15) is 0 Å². The molecule has 7 nitrogen and oxygen atoms in total. The van der Waals surface area contributed by atoms with Gasteiger partial charge in [0.05, 0.1) is 12.5 Å². The molecule has 0 aliphatic heterocycles.